The molecule has 0 saturated carbocycles. The van der Waals surface area contributed by atoms with Crippen LogP contribution in [0.15, 0.2) is 0 Å². The third kappa shape index (κ3) is 16.7. The summed E-state index contributed by atoms with van der Waals surface area (Å²) in [6.07, 6.45) is -0.875. The van der Waals surface area contributed by atoms with Crippen LogP contribution in [0, 0.1) is 6.92 Å². The van der Waals surface area contributed by atoms with Crippen LogP contribution in [0.1, 0.15) is 6.92 Å². The maximum Gasteiger partial charge on any atom is 0.504 e. The van der Waals surface area contributed by atoms with Crippen molar-refractivity contribution >= 4 is 59.4 Å². The number of hydrogen-bond donors (Lipinski definition) is 1. The largest absolute Gasteiger partial charge is 0.504 e. The number of rotatable bonds is 16. The van der Waals surface area contributed by atoms with E-state index in [-0.39, 0.29) is 6.61 Å². The zero-order chi connectivity index (χ0) is 28.3. The highest BCUT2D eigenvalue weighted by atomic mass is 28.5. The van der Waals surface area contributed by atoms with E-state index in [1.807, 2.05) is 46.2 Å². The minimum atomic E-state index is -3.66. The Morgan fingerprint density at radius 3 is 1.00 bits per heavy atom. The minimum Gasteiger partial charge on any atom is -0.437 e. The highest BCUT2D eigenvalue weighted by Crippen LogP contribution is 2.33. The van der Waals surface area contributed by atoms with Gasteiger partial charge >= 0.3 is 34.5 Å². The Morgan fingerprint density at radius 1 is 0.543 bits per heavy atom. The lowest BCUT2D eigenvalue weighted by Crippen LogP contribution is -2.70. The molecule has 2 atom stereocenters. The summed E-state index contributed by atoms with van der Waals surface area (Å²) in [6.45, 7) is 37.1. The van der Waals surface area contributed by atoms with Crippen LogP contribution >= 0.6 is 0 Å². The zero-order valence-electron chi connectivity index (χ0n) is 25.4. The fourth-order valence-corrected chi connectivity index (χ4v) is 35.4. The SMILES string of the molecule is [CH2]C(O)COC(C)[Si](O[Si](C)(C)O[Si](C)(C)C)(O[Si](C)(C)O[Si](C)(C)C)O[Si](C)(C)O[Si](C)(C)C. The van der Waals surface area contributed by atoms with Crippen LogP contribution in [0.2, 0.25) is 98.2 Å². The van der Waals surface area contributed by atoms with Crippen molar-refractivity contribution in [2.24, 2.45) is 0 Å². The molecule has 1 radical (unpaired) electrons. The standard InChI is InChI=1S/C20H55O8Si7/c1-19(21)18-22-20(2)35(26-32(12,13)23-29(3,4)5,27-33(14,15)24-30(6,7)8)28-34(16,17)25-31(9,10)11/h19-21H,1,18H2,2-17H3. The third-order valence-electron chi connectivity index (χ3n) is 3.86. The lowest BCUT2D eigenvalue weighted by Gasteiger charge is -2.48. The summed E-state index contributed by atoms with van der Waals surface area (Å²) in [5, 5.41) is 9.85. The van der Waals surface area contributed by atoms with E-state index >= 15 is 0 Å². The molecule has 0 aliphatic heterocycles. The van der Waals surface area contributed by atoms with E-state index in [0.717, 1.165) is 0 Å². The van der Waals surface area contributed by atoms with Gasteiger partial charge in [0.05, 0.1) is 12.7 Å². The second-order valence-corrected chi connectivity index (χ2v) is 41.4. The first-order valence-corrected chi connectivity index (χ1v) is 32.9. The maximum absolute atomic E-state index is 9.85. The Balaban J connectivity index is 6.72. The molecule has 0 fully saturated rings. The van der Waals surface area contributed by atoms with Crippen molar-refractivity contribution in [2.45, 2.75) is 117 Å². The summed E-state index contributed by atoms with van der Waals surface area (Å²) >= 11 is 0. The smallest absolute Gasteiger partial charge is 0.437 e. The molecule has 35 heavy (non-hydrogen) atoms. The first kappa shape index (κ1) is 36.2. The molecular weight excluding hydrogens is 565 g/mol. The summed E-state index contributed by atoms with van der Waals surface area (Å²) in [5.74, 6) is 0. The van der Waals surface area contributed by atoms with Crippen LogP contribution in [-0.2, 0) is 29.4 Å². The number of aliphatic hydroxyl groups is 1. The molecule has 0 aromatic heterocycles. The first-order valence-electron chi connectivity index (χ1n) is 12.4. The van der Waals surface area contributed by atoms with Crippen molar-refractivity contribution in [1.29, 1.82) is 0 Å². The van der Waals surface area contributed by atoms with E-state index in [1.54, 1.807) is 0 Å². The van der Waals surface area contributed by atoms with Crippen molar-refractivity contribution in [3.05, 3.63) is 6.92 Å². The van der Waals surface area contributed by atoms with Crippen LogP contribution in [0.25, 0.3) is 0 Å². The van der Waals surface area contributed by atoms with Gasteiger partial charge in [-0.25, -0.2) is 0 Å². The fraction of sp³-hybridized carbons (Fsp3) is 0.950. The van der Waals surface area contributed by atoms with Crippen molar-refractivity contribution in [3.63, 3.8) is 0 Å². The molecular formula is C20H55O8Si7. The third-order valence-corrected chi connectivity index (χ3v) is 27.6. The minimum absolute atomic E-state index is 0.0383. The van der Waals surface area contributed by atoms with E-state index in [1.165, 1.54) is 0 Å². The highest BCUT2D eigenvalue weighted by Gasteiger charge is 2.60. The molecule has 0 aromatic carbocycles. The van der Waals surface area contributed by atoms with Gasteiger partial charge in [-0.05, 0) is 112 Å². The predicted octanol–water partition coefficient (Wildman–Crippen LogP) is 5.77. The van der Waals surface area contributed by atoms with Gasteiger partial charge in [0.25, 0.3) is 0 Å². The Kier molecular flexibility index (Phi) is 13.0. The second kappa shape index (κ2) is 12.6. The monoisotopic (exact) mass is 619 g/mol. The van der Waals surface area contributed by atoms with Gasteiger partial charge < -0.3 is 34.5 Å². The first-order chi connectivity index (χ1) is 15.1. The molecule has 0 aliphatic carbocycles. The second-order valence-electron chi connectivity index (χ2n) is 13.4. The Labute approximate surface area is 223 Å². The Morgan fingerprint density at radius 2 is 0.800 bits per heavy atom. The quantitative estimate of drug-likeness (QED) is 0.218. The van der Waals surface area contributed by atoms with Crippen LogP contribution in [-0.4, -0.2) is 83.0 Å². The maximum atomic E-state index is 9.85. The summed E-state index contributed by atoms with van der Waals surface area (Å²) in [5.41, 5.74) is -0.579. The molecule has 0 saturated heterocycles. The van der Waals surface area contributed by atoms with Crippen molar-refractivity contribution in [2.75, 3.05) is 6.61 Å². The molecule has 0 bridgehead atoms. The van der Waals surface area contributed by atoms with Gasteiger partial charge in [0.15, 0.2) is 25.0 Å². The number of aliphatic hydroxyl groups excluding tert-OH is 1. The van der Waals surface area contributed by atoms with E-state index in [9.17, 15) is 5.11 Å². The van der Waals surface area contributed by atoms with Crippen molar-refractivity contribution < 1.29 is 34.5 Å². The molecule has 1 N–H and O–H groups in total. The van der Waals surface area contributed by atoms with Crippen LogP contribution in [0.3, 0.4) is 0 Å². The molecule has 0 aromatic rings. The number of ether oxygens (including phenoxy) is 1. The van der Waals surface area contributed by atoms with Crippen molar-refractivity contribution in [1.82, 2.24) is 0 Å². The molecule has 211 valence electrons. The summed E-state index contributed by atoms with van der Waals surface area (Å²) in [6, 6.07) is 0. The van der Waals surface area contributed by atoms with Gasteiger partial charge in [0.2, 0.25) is 0 Å². The molecule has 0 spiro atoms. The Bertz CT molecular complexity index is 581. The van der Waals surface area contributed by atoms with Crippen LogP contribution in [0.4, 0.5) is 0 Å². The van der Waals surface area contributed by atoms with E-state index in [0.29, 0.717) is 0 Å². The topological polar surface area (TPSA) is 84.8 Å². The average molecular weight is 620 g/mol. The average Bonchev–Trinajstić information content (AvgIpc) is 2.42. The molecule has 2 unspecified atom stereocenters. The summed E-state index contributed by atoms with van der Waals surface area (Å²) < 4.78 is 46.7. The van der Waals surface area contributed by atoms with Gasteiger partial charge in [-0.3, -0.25) is 0 Å². The molecule has 0 aliphatic rings. The van der Waals surface area contributed by atoms with Crippen LogP contribution in [0.5, 0.6) is 0 Å². The summed E-state index contributed by atoms with van der Waals surface area (Å²) in [4.78, 5) is 0. The number of hydrogen-bond acceptors (Lipinski definition) is 8. The molecule has 8 nitrogen and oxygen atoms in total. The highest BCUT2D eigenvalue weighted by molar-refractivity contribution is 6.93. The zero-order valence-corrected chi connectivity index (χ0v) is 32.4. The molecule has 0 heterocycles. The van der Waals surface area contributed by atoms with Gasteiger partial charge in [0.1, 0.15) is 5.73 Å². The molecule has 15 heteroatoms. The van der Waals surface area contributed by atoms with Gasteiger partial charge in [-0.1, -0.05) is 0 Å². The lowest BCUT2D eigenvalue weighted by atomic mass is 10.4. The van der Waals surface area contributed by atoms with Crippen LogP contribution < -0.4 is 0 Å². The summed E-state index contributed by atoms with van der Waals surface area (Å²) in [7, 11) is -17.7. The van der Waals surface area contributed by atoms with Gasteiger partial charge in [-0.15, -0.1) is 0 Å². The van der Waals surface area contributed by atoms with Gasteiger partial charge in [-0.2, -0.15) is 0 Å². The van der Waals surface area contributed by atoms with E-state index < -0.39 is 71.3 Å². The lowest BCUT2D eigenvalue weighted by molar-refractivity contribution is 0.0123. The molecule has 0 rings (SSSR count). The van der Waals surface area contributed by atoms with Crippen molar-refractivity contribution in [3.8, 4) is 0 Å². The predicted molar refractivity (Wildman–Crippen MR) is 162 cm³/mol. The fourth-order valence-electron chi connectivity index (χ4n) is 3.97. The van der Waals surface area contributed by atoms with E-state index in [4.69, 9.17) is 29.4 Å². The normalized spacial score (nSPS) is 17.0. The van der Waals surface area contributed by atoms with Gasteiger partial charge in [0, 0.05) is 0 Å². The molecule has 0 amide bonds. The van der Waals surface area contributed by atoms with E-state index in [2.05, 4.69) is 65.8 Å². The Hall–Kier alpha value is 1.20.